The standard InChI is InChI=1S/C13H12F3N3O3S/c14-13(15,16)9-4-3-8(11(20)21)10-17-18-12(19(9)10)23-6-7-2-1-5-22-7/h3-4,7H,1-2,5-6H2,(H,20,21). The van der Waals surface area contributed by atoms with Crippen LogP contribution >= 0.6 is 11.8 Å². The first kappa shape index (κ1) is 16.1. The Hall–Kier alpha value is -1.81. The van der Waals surface area contributed by atoms with Gasteiger partial charge in [0, 0.05) is 12.4 Å². The van der Waals surface area contributed by atoms with Crippen LogP contribution in [0.25, 0.3) is 5.65 Å². The Bertz CT molecular complexity index is 741. The van der Waals surface area contributed by atoms with Crippen molar-refractivity contribution in [3.8, 4) is 0 Å². The Morgan fingerprint density at radius 1 is 1.43 bits per heavy atom. The van der Waals surface area contributed by atoms with E-state index < -0.39 is 17.8 Å². The van der Waals surface area contributed by atoms with Gasteiger partial charge in [0.05, 0.1) is 6.10 Å². The second-order valence-corrected chi connectivity index (χ2v) is 6.01. The number of thioether (sulfide) groups is 1. The van der Waals surface area contributed by atoms with Gasteiger partial charge in [0.2, 0.25) is 0 Å². The average molecular weight is 347 g/mol. The molecule has 2 aromatic rings. The number of carboxylic acids is 1. The van der Waals surface area contributed by atoms with Gasteiger partial charge in [-0.3, -0.25) is 4.40 Å². The van der Waals surface area contributed by atoms with Crippen LogP contribution in [-0.2, 0) is 10.9 Å². The number of carboxylic acid groups (broad SMARTS) is 1. The third-order valence-electron chi connectivity index (χ3n) is 3.47. The molecule has 3 heterocycles. The van der Waals surface area contributed by atoms with Gasteiger partial charge in [0.1, 0.15) is 11.3 Å². The summed E-state index contributed by atoms with van der Waals surface area (Å²) in [5, 5.41) is 16.5. The van der Waals surface area contributed by atoms with Crippen LogP contribution in [0.3, 0.4) is 0 Å². The lowest BCUT2D eigenvalue weighted by Crippen LogP contribution is -2.15. The van der Waals surface area contributed by atoms with Crippen molar-refractivity contribution in [2.75, 3.05) is 12.4 Å². The molecule has 1 aliphatic heterocycles. The number of hydrogen-bond donors (Lipinski definition) is 1. The third-order valence-corrected chi connectivity index (χ3v) is 4.53. The molecule has 0 spiro atoms. The van der Waals surface area contributed by atoms with E-state index in [-0.39, 0.29) is 22.5 Å². The third kappa shape index (κ3) is 3.13. The van der Waals surface area contributed by atoms with E-state index in [0.29, 0.717) is 12.4 Å². The van der Waals surface area contributed by atoms with Gasteiger partial charge in [-0.1, -0.05) is 11.8 Å². The predicted octanol–water partition coefficient (Wildman–Crippen LogP) is 2.72. The SMILES string of the molecule is O=C(O)c1ccc(C(F)(F)F)n2c(SCC3CCCO3)nnc12. The van der Waals surface area contributed by atoms with E-state index in [1.54, 1.807) is 0 Å². The number of carbonyl (C=O) groups is 1. The number of nitrogens with zero attached hydrogens (tertiary/aromatic N) is 3. The van der Waals surface area contributed by atoms with Crippen LogP contribution in [0.2, 0.25) is 0 Å². The minimum atomic E-state index is -4.64. The minimum Gasteiger partial charge on any atom is -0.478 e. The maximum absolute atomic E-state index is 13.2. The van der Waals surface area contributed by atoms with E-state index in [4.69, 9.17) is 9.84 Å². The van der Waals surface area contributed by atoms with Crippen LogP contribution in [0.4, 0.5) is 13.2 Å². The molecule has 3 rings (SSSR count). The zero-order chi connectivity index (χ0) is 16.6. The summed E-state index contributed by atoms with van der Waals surface area (Å²) in [4.78, 5) is 11.2. The van der Waals surface area contributed by atoms with Gasteiger partial charge in [0.25, 0.3) is 0 Å². The second-order valence-electron chi connectivity index (χ2n) is 5.02. The summed E-state index contributed by atoms with van der Waals surface area (Å²) in [6.07, 6.45) is -2.92. The molecule has 0 aromatic carbocycles. The Balaban J connectivity index is 2.03. The van der Waals surface area contributed by atoms with E-state index in [0.717, 1.165) is 41.1 Å². The van der Waals surface area contributed by atoms with Gasteiger partial charge in [-0.2, -0.15) is 13.2 Å². The molecule has 23 heavy (non-hydrogen) atoms. The minimum absolute atomic E-state index is 0.00549. The van der Waals surface area contributed by atoms with Crippen LogP contribution < -0.4 is 0 Å². The predicted molar refractivity (Wildman–Crippen MR) is 74.6 cm³/mol. The Labute approximate surface area is 132 Å². The highest BCUT2D eigenvalue weighted by Crippen LogP contribution is 2.33. The molecule has 2 aromatic heterocycles. The molecule has 1 aliphatic rings. The summed E-state index contributed by atoms with van der Waals surface area (Å²) in [5.74, 6) is -0.915. The summed E-state index contributed by atoms with van der Waals surface area (Å²) in [6.45, 7) is 0.642. The topological polar surface area (TPSA) is 76.7 Å². The molecule has 124 valence electrons. The molecule has 0 bridgehead atoms. The summed E-state index contributed by atoms with van der Waals surface area (Å²) in [6, 6.07) is 1.62. The van der Waals surface area contributed by atoms with Gasteiger partial charge >= 0.3 is 12.1 Å². The molecule has 1 fully saturated rings. The molecule has 0 saturated carbocycles. The monoisotopic (exact) mass is 347 g/mol. The van der Waals surface area contributed by atoms with Crippen molar-refractivity contribution in [1.82, 2.24) is 14.6 Å². The number of pyridine rings is 1. The highest BCUT2D eigenvalue weighted by atomic mass is 32.2. The van der Waals surface area contributed by atoms with Crippen LogP contribution in [0.5, 0.6) is 0 Å². The van der Waals surface area contributed by atoms with Gasteiger partial charge in [-0.25, -0.2) is 4.79 Å². The van der Waals surface area contributed by atoms with Crippen LogP contribution in [0.15, 0.2) is 17.3 Å². The van der Waals surface area contributed by atoms with E-state index >= 15 is 0 Å². The molecule has 1 atom stereocenters. The van der Waals surface area contributed by atoms with E-state index in [9.17, 15) is 18.0 Å². The molecule has 1 N–H and O–H groups in total. The molecular weight excluding hydrogens is 335 g/mol. The number of ether oxygens (including phenoxy) is 1. The first-order valence-corrected chi connectivity index (χ1v) is 7.79. The Kier molecular flexibility index (Phi) is 4.19. The lowest BCUT2D eigenvalue weighted by atomic mass is 10.2. The Morgan fingerprint density at radius 3 is 2.83 bits per heavy atom. The van der Waals surface area contributed by atoms with Crippen LogP contribution in [-0.4, -0.2) is 44.1 Å². The summed E-state index contributed by atoms with van der Waals surface area (Å²) < 4.78 is 45.8. The number of halogens is 3. The van der Waals surface area contributed by atoms with Gasteiger partial charge in [-0.05, 0) is 25.0 Å². The number of alkyl halides is 3. The number of aromatic carboxylic acids is 1. The van der Waals surface area contributed by atoms with Crippen molar-refractivity contribution < 1.29 is 27.8 Å². The molecule has 1 unspecified atom stereocenters. The number of fused-ring (bicyclic) bond motifs is 1. The first-order chi connectivity index (χ1) is 10.9. The molecule has 10 heteroatoms. The summed E-state index contributed by atoms with van der Waals surface area (Å²) in [7, 11) is 0. The van der Waals surface area contributed by atoms with Crippen molar-refractivity contribution in [1.29, 1.82) is 0 Å². The summed E-state index contributed by atoms with van der Waals surface area (Å²) >= 11 is 1.08. The molecule has 0 amide bonds. The van der Waals surface area contributed by atoms with E-state index in [1.165, 1.54) is 0 Å². The lowest BCUT2D eigenvalue weighted by Gasteiger charge is -2.12. The smallest absolute Gasteiger partial charge is 0.431 e. The van der Waals surface area contributed by atoms with Gasteiger partial charge in [0.15, 0.2) is 10.8 Å². The normalized spacial score (nSPS) is 18.7. The highest BCUT2D eigenvalue weighted by molar-refractivity contribution is 7.99. The fourth-order valence-corrected chi connectivity index (χ4v) is 3.41. The number of aromatic nitrogens is 3. The molecule has 0 radical (unpaired) electrons. The molecular formula is C13H12F3N3O3S. The van der Waals surface area contributed by atoms with Crippen LogP contribution in [0, 0.1) is 0 Å². The van der Waals surface area contributed by atoms with Crippen molar-refractivity contribution in [3.63, 3.8) is 0 Å². The Morgan fingerprint density at radius 2 is 2.22 bits per heavy atom. The molecule has 0 aliphatic carbocycles. The largest absolute Gasteiger partial charge is 0.478 e. The van der Waals surface area contributed by atoms with Crippen molar-refractivity contribution in [2.45, 2.75) is 30.3 Å². The zero-order valence-electron chi connectivity index (χ0n) is 11.7. The van der Waals surface area contributed by atoms with Crippen molar-refractivity contribution in [2.24, 2.45) is 0 Å². The highest BCUT2D eigenvalue weighted by Gasteiger charge is 2.36. The van der Waals surface area contributed by atoms with Gasteiger partial charge < -0.3 is 9.84 Å². The quantitative estimate of drug-likeness (QED) is 0.857. The first-order valence-electron chi connectivity index (χ1n) is 6.81. The van der Waals surface area contributed by atoms with E-state index in [1.807, 2.05) is 0 Å². The summed E-state index contributed by atoms with van der Waals surface area (Å²) in [5.41, 5.74) is -1.64. The average Bonchev–Trinajstić information content (AvgIpc) is 3.12. The zero-order valence-corrected chi connectivity index (χ0v) is 12.5. The lowest BCUT2D eigenvalue weighted by molar-refractivity contribution is -0.142. The number of rotatable bonds is 4. The fraction of sp³-hybridized carbons (Fsp3) is 0.462. The second kappa shape index (κ2) is 6.00. The maximum Gasteiger partial charge on any atom is 0.431 e. The molecule has 1 saturated heterocycles. The van der Waals surface area contributed by atoms with E-state index in [2.05, 4.69) is 10.2 Å². The van der Waals surface area contributed by atoms with Crippen molar-refractivity contribution in [3.05, 3.63) is 23.4 Å². The van der Waals surface area contributed by atoms with Gasteiger partial charge in [-0.15, -0.1) is 10.2 Å². The van der Waals surface area contributed by atoms with Crippen molar-refractivity contribution >= 4 is 23.4 Å². The number of hydrogen-bond acceptors (Lipinski definition) is 5. The fourth-order valence-electron chi connectivity index (χ4n) is 2.40. The molecule has 6 nitrogen and oxygen atoms in total. The van der Waals surface area contributed by atoms with Crippen LogP contribution in [0.1, 0.15) is 28.9 Å². The maximum atomic E-state index is 13.2.